The normalized spacial score (nSPS) is 11.9. The number of benzene rings is 2. The summed E-state index contributed by atoms with van der Waals surface area (Å²) in [4.78, 5) is 36.3. The molecule has 0 saturated heterocycles. The smallest absolute Gasteiger partial charge is 0.339 e. The van der Waals surface area contributed by atoms with Gasteiger partial charge in [0.15, 0.2) is 6.04 Å². The van der Waals surface area contributed by atoms with Crippen molar-refractivity contribution in [2.45, 2.75) is 32.7 Å². The monoisotopic (exact) mass is 411 g/mol. The average Bonchev–Trinajstić information content (AvgIpc) is 2.69. The minimum atomic E-state index is -1.28. The summed E-state index contributed by atoms with van der Waals surface area (Å²) in [5.74, 6) is -1.79. The number of carboxylic acid groups (broad SMARTS) is 1. The van der Waals surface area contributed by atoms with Crippen LogP contribution in [0, 0.1) is 13.8 Å². The topological polar surface area (TPSA) is 137 Å². The van der Waals surface area contributed by atoms with E-state index < -0.39 is 23.5 Å². The highest BCUT2D eigenvalue weighted by molar-refractivity contribution is 5.86. The Morgan fingerprint density at radius 3 is 2.33 bits per heavy atom. The molecule has 2 aromatic carbocycles. The van der Waals surface area contributed by atoms with Gasteiger partial charge >= 0.3 is 11.6 Å². The van der Waals surface area contributed by atoms with Gasteiger partial charge in [-0.15, -0.1) is 0 Å². The summed E-state index contributed by atoms with van der Waals surface area (Å²) in [6.45, 7) is 3.38. The van der Waals surface area contributed by atoms with Crippen LogP contribution in [0.1, 0.15) is 34.7 Å². The third-order valence-corrected chi connectivity index (χ3v) is 5.06. The van der Waals surface area contributed by atoms with E-state index in [1.165, 1.54) is 30.3 Å². The highest BCUT2D eigenvalue weighted by atomic mass is 16.4. The Morgan fingerprint density at radius 2 is 1.70 bits per heavy atom. The molecule has 1 unspecified atom stereocenters. The zero-order valence-corrected chi connectivity index (χ0v) is 16.4. The van der Waals surface area contributed by atoms with Crippen LogP contribution in [0.4, 0.5) is 0 Å². The summed E-state index contributed by atoms with van der Waals surface area (Å²) in [7, 11) is 0. The van der Waals surface area contributed by atoms with Gasteiger partial charge in [0.05, 0.1) is 0 Å². The molecule has 0 radical (unpaired) electrons. The van der Waals surface area contributed by atoms with Crippen molar-refractivity contribution in [3.05, 3.63) is 69.1 Å². The number of hydrogen-bond donors (Lipinski definition) is 4. The van der Waals surface area contributed by atoms with Crippen molar-refractivity contribution in [2.75, 3.05) is 0 Å². The molecule has 8 nitrogen and oxygen atoms in total. The first kappa shape index (κ1) is 20.9. The molecule has 1 heterocycles. The van der Waals surface area contributed by atoms with E-state index in [0.717, 1.165) is 0 Å². The molecule has 0 bridgehead atoms. The molecule has 0 saturated carbocycles. The minimum Gasteiger partial charge on any atom is -0.508 e. The van der Waals surface area contributed by atoms with Gasteiger partial charge in [0.1, 0.15) is 17.1 Å². The highest BCUT2D eigenvalue weighted by Crippen LogP contribution is 2.28. The summed E-state index contributed by atoms with van der Waals surface area (Å²) in [5.41, 5.74) is 1.42. The molecule has 3 rings (SSSR count). The van der Waals surface area contributed by atoms with Crippen molar-refractivity contribution >= 4 is 22.8 Å². The van der Waals surface area contributed by atoms with Crippen LogP contribution in [0.2, 0.25) is 0 Å². The van der Waals surface area contributed by atoms with Crippen LogP contribution in [-0.2, 0) is 16.0 Å². The number of carbonyl (C=O) groups is 2. The Balaban J connectivity index is 1.79. The fourth-order valence-electron chi connectivity index (χ4n) is 3.29. The molecule has 4 N–H and O–H groups in total. The van der Waals surface area contributed by atoms with Crippen LogP contribution >= 0.6 is 0 Å². The van der Waals surface area contributed by atoms with Crippen molar-refractivity contribution in [1.29, 1.82) is 0 Å². The van der Waals surface area contributed by atoms with Gasteiger partial charge in [0.25, 0.3) is 0 Å². The maximum Gasteiger partial charge on any atom is 0.339 e. The van der Waals surface area contributed by atoms with Crippen LogP contribution < -0.4 is 10.9 Å². The number of phenolic OH excluding ortho intramolecular Hbond substituents is 2. The fraction of sp³-hybridized carbons (Fsp3) is 0.227. The number of aliphatic carboxylic acids is 1. The van der Waals surface area contributed by atoms with Crippen LogP contribution in [-0.4, -0.2) is 27.2 Å². The standard InChI is InChI=1S/C22H21NO7/c1-11-15-7-9-17(25)12(2)20(15)30-22(29)16(11)8-10-18(26)23-19(21(27)28)13-3-5-14(24)6-4-13/h3-7,9,19,24-25H,8,10H2,1-2H3,(H,23,26)(H,27,28). The number of carboxylic acids is 1. The number of aromatic hydroxyl groups is 2. The first-order valence-corrected chi connectivity index (χ1v) is 9.25. The summed E-state index contributed by atoms with van der Waals surface area (Å²) >= 11 is 0. The van der Waals surface area contributed by atoms with Gasteiger partial charge in [0.2, 0.25) is 5.91 Å². The highest BCUT2D eigenvalue weighted by Gasteiger charge is 2.23. The Morgan fingerprint density at radius 1 is 1.03 bits per heavy atom. The predicted molar refractivity (Wildman–Crippen MR) is 109 cm³/mol. The zero-order valence-electron chi connectivity index (χ0n) is 16.4. The van der Waals surface area contributed by atoms with Crippen molar-refractivity contribution in [1.82, 2.24) is 5.32 Å². The second-order valence-corrected chi connectivity index (χ2v) is 7.01. The number of fused-ring (bicyclic) bond motifs is 1. The lowest BCUT2D eigenvalue weighted by Crippen LogP contribution is -2.34. The quantitative estimate of drug-likeness (QED) is 0.458. The van der Waals surface area contributed by atoms with Gasteiger partial charge in [-0.25, -0.2) is 9.59 Å². The molecule has 1 amide bonds. The largest absolute Gasteiger partial charge is 0.508 e. The molecule has 0 spiro atoms. The van der Waals surface area contributed by atoms with Gasteiger partial charge in [0, 0.05) is 22.9 Å². The molecule has 3 aromatic rings. The summed E-state index contributed by atoms with van der Waals surface area (Å²) in [5, 5.41) is 31.7. The fourth-order valence-corrected chi connectivity index (χ4v) is 3.29. The maximum atomic E-state index is 12.4. The number of amides is 1. The molecular formula is C22H21NO7. The number of phenols is 2. The molecule has 156 valence electrons. The zero-order chi connectivity index (χ0) is 22.0. The number of nitrogens with one attached hydrogen (secondary N) is 1. The van der Waals surface area contributed by atoms with Crippen molar-refractivity contribution in [3.8, 4) is 11.5 Å². The van der Waals surface area contributed by atoms with E-state index in [9.17, 15) is 29.7 Å². The van der Waals surface area contributed by atoms with Crippen LogP contribution in [0.3, 0.4) is 0 Å². The molecule has 30 heavy (non-hydrogen) atoms. The average molecular weight is 411 g/mol. The maximum absolute atomic E-state index is 12.4. The van der Waals surface area contributed by atoms with E-state index in [2.05, 4.69) is 5.32 Å². The van der Waals surface area contributed by atoms with Crippen molar-refractivity contribution < 1.29 is 29.3 Å². The van der Waals surface area contributed by atoms with Crippen LogP contribution in [0.25, 0.3) is 11.0 Å². The molecule has 0 fully saturated rings. The lowest BCUT2D eigenvalue weighted by Gasteiger charge is -2.15. The van der Waals surface area contributed by atoms with E-state index in [4.69, 9.17) is 4.42 Å². The Hall–Kier alpha value is -3.81. The molecular weight excluding hydrogens is 390 g/mol. The molecule has 0 aliphatic carbocycles. The summed E-state index contributed by atoms with van der Waals surface area (Å²) in [6, 6.07) is 7.36. The summed E-state index contributed by atoms with van der Waals surface area (Å²) in [6.07, 6.45) is -0.0478. The molecule has 0 aliphatic heterocycles. The number of rotatable bonds is 6. The van der Waals surface area contributed by atoms with Crippen molar-refractivity contribution in [3.63, 3.8) is 0 Å². The van der Waals surface area contributed by atoms with Crippen molar-refractivity contribution in [2.24, 2.45) is 0 Å². The number of carbonyl (C=O) groups excluding carboxylic acids is 1. The van der Waals surface area contributed by atoms with E-state index in [-0.39, 0.29) is 24.3 Å². The second kappa shape index (κ2) is 8.28. The SMILES string of the molecule is Cc1c(CCC(=O)NC(C(=O)O)c2ccc(O)cc2)c(=O)oc2c(C)c(O)ccc12. The van der Waals surface area contributed by atoms with Gasteiger partial charge < -0.3 is 25.1 Å². The molecule has 1 atom stereocenters. The third-order valence-electron chi connectivity index (χ3n) is 5.06. The minimum absolute atomic E-state index is 0.0173. The first-order chi connectivity index (χ1) is 14.2. The number of hydrogen-bond acceptors (Lipinski definition) is 6. The van der Waals surface area contributed by atoms with Crippen LogP contribution in [0.5, 0.6) is 11.5 Å². The lowest BCUT2D eigenvalue weighted by atomic mass is 10.00. The number of aryl methyl sites for hydroxylation is 2. The Kier molecular flexibility index (Phi) is 5.77. The van der Waals surface area contributed by atoms with E-state index in [0.29, 0.717) is 33.2 Å². The van der Waals surface area contributed by atoms with Gasteiger partial charge in [-0.1, -0.05) is 12.1 Å². The predicted octanol–water partition coefficient (Wildman–Crippen LogP) is 2.70. The second-order valence-electron chi connectivity index (χ2n) is 7.01. The first-order valence-electron chi connectivity index (χ1n) is 9.25. The summed E-state index contributed by atoms with van der Waals surface area (Å²) < 4.78 is 5.35. The van der Waals surface area contributed by atoms with Crippen LogP contribution in [0.15, 0.2) is 45.6 Å². The third kappa shape index (κ3) is 4.12. The van der Waals surface area contributed by atoms with E-state index in [1.807, 2.05) is 0 Å². The molecule has 0 aliphatic rings. The van der Waals surface area contributed by atoms with E-state index >= 15 is 0 Å². The van der Waals surface area contributed by atoms with Gasteiger partial charge in [-0.05, 0) is 55.7 Å². The van der Waals surface area contributed by atoms with Gasteiger partial charge in [-0.2, -0.15) is 0 Å². The Labute approximate surface area is 171 Å². The van der Waals surface area contributed by atoms with Gasteiger partial charge in [-0.3, -0.25) is 4.79 Å². The van der Waals surface area contributed by atoms with E-state index in [1.54, 1.807) is 19.9 Å². The molecule has 8 heteroatoms. The molecule has 1 aromatic heterocycles. The lowest BCUT2D eigenvalue weighted by molar-refractivity contribution is -0.142. The Bertz CT molecular complexity index is 1180.